The van der Waals surface area contributed by atoms with Gasteiger partial charge < -0.3 is 9.80 Å². The van der Waals surface area contributed by atoms with Crippen LogP contribution in [0, 0.1) is 23.7 Å². The Balaban J connectivity index is 1.17. The first-order chi connectivity index (χ1) is 20.8. The van der Waals surface area contributed by atoms with Crippen molar-refractivity contribution < 1.29 is 26.4 Å². The molecular weight excluding hydrogens is 601 g/mol. The van der Waals surface area contributed by atoms with E-state index in [1.165, 1.54) is 24.3 Å². The van der Waals surface area contributed by atoms with Crippen molar-refractivity contribution in [2.24, 2.45) is 23.7 Å². The molecule has 0 spiro atoms. The number of piperazine rings is 1. The van der Waals surface area contributed by atoms with Crippen molar-refractivity contribution in [3.05, 3.63) is 59.7 Å². The third-order valence-corrected chi connectivity index (χ3v) is 12.7. The van der Waals surface area contributed by atoms with Gasteiger partial charge in [-0.25, -0.2) is 16.8 Å². The standard InChI is InChI=1S/C32H44N4O6S2/c1-23-17-24(2)20-35(19-23)43(39,40)29-9-5-27(6-10-29)31(37)33-13-15-34(16-14-33)32(38)28-7-11-30(12-8-28)44(41,42)36-21-25(3)18-26(4)22-36/h5-12,23-26H,13-22H2,1-4H3/t23-,24+,25-,26+. The predicted molar refractivity (Wildman–Crippen MR) is 168 cm³/mol. The van der Waals surface area contributed by atoms with Gasteiger partial charge >= 0.3 is 0 Å². The molecule has 2 aromatic carbocycles. The number of sulfonamides is 2. The third kappa shape index (κ3) is 6.88. The molecule has 3 aliphatic heterocycles. The number of rotatable bonds is 6. The van der Waals surface area contributed by atoms with Gasteiger partial charge in [0.1, 0.15) is 0 Å². The average molecular weight is 645 g/mol. The Labute approximate surface area is 262 Å². The lowest BCUT2D eigenvalue weighted by molar-refractivity contribution is 0.0535. The molecule has 3 aliphatic rings. The van der Waals surface area contributed by atoms with Crippen molar-refractivity contribution in [2.45, 2.75) is 50.3 Å². The van der Waals surface area contributed by atoms with Crippen LogP contribution in [0.3, 0.4) is 0 Å². The maximum absolute atomic E-state index is 13.2. The second-order valence-corrected chi connectivity index (χ2v) is 17.0. The van der Waals surface area contributed by atoms with Gasteiger partial charge in [-0.05, 0) is 85.0 Å². The minimum absolute atomic E-state index is 0.185. The van der Waals surface area contributed by atoms with E-state index in [0.29, 0.717) is 87.2 Å². The van der Waals surface area contributed by atoms with Crippen molar-refractivity contribution in [3.8, 4) is 0 Å². The van der Waals surface area contributed by atoms with E-state index in [9.17, 15) is 26.4 Å². The van der Waals surface area contributed by atoms with Crippen LogP contribution in [-0.4, -0.2) is 99.4 Å². The van der Waals surface area contributed by atoms with Crippen molar-refractivity contribution in [1.29, 1.82) is 0 Å². The van der Waals surface area contributed by atoms with Crippen LogP contribution in [0.1, 0.15) is 61.3 Å². The molecule has 2 amide bonds. The number of piperidine rings is 2. The smallest absolute Gasteiger partial charge is 0.253 e. The molecular formula is C32H44N4O6S2. The summed E-state index contributed by atoms with van der Waals surface area (Å²) in [6, 6.07) is 12.2. The Morgan fingerprint density at radius 1 is 0.523 bits per heavy atom. The molecule has 3 heterocycles. The van der Waals surface area contributed by atoms with E-state index in [0.717, 1.165) is 12.8 Å². The number of nitrogens with zero attached hydrogens (tertiary/aromatic N) is 4. The molecule has 3 fully saturated rings. The molecule has 3 saturated heterocycles. The van der Waals surface area contributed by atoms with Gasteiger partial charge in [0.15, 0.2) is 0 Å². The van der Waals surface area contributed by atoms with Crippen molar-refractivity contribution in [2.75, 3.05) is 52.4 Å². The molecule has 10 nitrogen and oxygen atoms in total. The van der Waals surface area contributed by atoms with E-state index in [-0.39, 0.29) is 21.6 Å². The molecule has 0 aromatic heterocycles. The molecule has 5 rings (SSSR count). The second-order valence-electron chi connectivity index (χ2n) is 13.2. The van der Waals surface area contributed by atoms with E-state index in [2.05, 4.69) is 27.7 Å². The average Bonchev–Trinajstić information content (AvgIpc) is 2.99. The van der Waals surface area contributed by atoms with E-state index < -0.39 is 20.0 Å². The summed E-state index contributed by atoms with van der Waals surface area (Å²) in [7, 11) is -7.26. The van der Waals surface area contributed by atoms with E-state index in [1.54, 1.807) is 42.7 Å². The Bertz CT molecular complexity index is 1430. The van der Waals surface area contributed by atoms with Gasteiger partial charge in [0.05, 0.1) is 9.79 Å². The van der Waals surface area contributed by atoms with Gasteiger partial charge in [-0.15, -0.1) is 0 Å². The maximum Gasteiger partial charge on any atom is 0.253 e. The fourth-order valence-electron chi connectivity index (χ4n) is 6.92. The van der Waals surface area contributed by atoms with Crippen LogP contribution in [0.2, 0.25) is 0 Å². The third-order valence-electron chi connectivity index (χ3n) is 9.00. The Morgan fingerprint density at radius 2 is 0.795 bits per heavy atom. The van der Waals surface area contributed by atoms with Gasteiger partial charge in [-0.1, -0.05) is 27.7 Å². The fourth-order valence-corrected chi connectivity index (χ4v) is 10.3. The summed E-state index contributed by atoms with van der Waals surface area (Å²) in [6.07, 6.45) is 2.01. The zero-order valence-corrected chi connectivity index (χ0v) is 27.7. The van der Waals surface area contributed by atoms with Crippen molar-refractivity contribution in [3.63, 3.8) is 0 Å². The highest BCUT2D eigenvalue weighted by molar-refractivity contribution is 7.89. The molecule has 0 radical (unpaired) electrons. The number of amides is 2. The monoisotopic (exact) mass is 644 g/mol. The fraction of sp³-hybridized carbons (Fsp3) is 0.562. The molecule has 4 atom stereocenters. The van der Waals surface area contributed by atoms with E-state index >= 15 is 0 Å². The lowest BCUT2D eigenvalue weighted by atomic mass is 9.94. The minimum atomic E-state index is -3.63. The minimum Gasteiger partial charge on any atom is -0.335 e. The van der Waals surface area contributed by atoms with Gasteiger partial charge in [0, 0.05) is 63.5 Å². The van der Waals surface area contributed by atoms with Gasteiger partial charge in [0.25, 0.3) is 11.8 Å². The van der Waals surface area contributed by atoms with Crippen LogP contribution in [0.4, 0.5) is 0 Å². The lowest BCUT2D eigenvalue weighted by Crippen LogP contribution is -2.50. The predicted octanol–water partition coefficient (Wildman–Crippen LogP) is 3.62. The number of hydrogen-bond donors (Lipinski definition) is 0. The summed E-state index contributed by atoms with van der Waals surface area (Å²) in [5.41, 5.74) is 0.803. The largest absolute Gasteiger partial charge is 0.335 e. The topological polar surface area (TPSA) is 115 Å². The van der Waals surface area contributed by atoms with Gasteiger partial charge in [-0.2, -0.15) is 8.61 Å². The van der Waals surface area contributed by atoms with Crippen LogP contribution in [0.5, 0.6) is 0 Å². The number of carbonyl (C=O) groups is 2. The zero-order valence-electron chi connectivity index (χ0n) is 26.1. The first-order valence-electron chi connectivity index (χ1n) is 15.5. The Hall–Kier alpha value is -2.80. The quantitative estimate of drug-likeness (QED) is 0.475. The van der Waals surface area contributed by atoms with Crippen LogP contribution in [0.15, 0.2) is 58.3 Å². The molecule has 240 valence electrons. The molecule has 2 aromatic rings. The molecule has 44 heavy (non-hydrogen) atoms. The summed E-state index contributed by atoms with van der Waals surface area (Å²) < 4.78 is 55.9. The summed E-state index contributed by atoms with van der Waals surface area (Å²) in [4.78, 5) is 30.1. The Kier molecular flexibility index (Phi) is 9.55. The summed E-state index contributed by atoms with van der Waals surface area (Å²) in [5, 5.41) is 0. The van der Waals surface area contributed by atoms with Crippen LogP contribution < -0.4 is 0 Å². The molecule has 0 unspecified atom stereocenters. The molecule has 12 heteroatoms. The number of carbonyl (C=O) groups excluding carboxylic acids is 2. The zero-order chi connectivity index (χ0) is 31.8. The first-order valence-corrected chi connectivity index (χ1v) is 18.4. The summed E-state index contributed by atoms with van der Waals surface area (Å²) in [6.45, 7) is 11.6. The highest BCUT2D eigenvalue weighted by atomic mass is 32.2. The van der Waals surface area contributed by atoms with Crippen molar-refractivity contribution in [1.82, 2.24) is 18.4 Å². The molecule has 0 saturated carbocycles. The summed E-state index contributed by atoms with van der Waals surface area (Å²) >= 11 is 0. The highest BCUT2D eigenvalue weighted by Gasteiger charge is 2.33. The maximum atomic E-state index is 13.2. The lowest BCUT2D eigenvalue weighted by Gasteiger charge is -2.35. The van der Waals surface area contributed by atoms with E-state index in [1.807, 2.05) is 0 Å². The molecule has 0 N–H and O–H groups in total. The van der Waals surface area contributed by atoms with Crippen LogP contribution in [0.25, 0.3) is 0 Å². The van der Waals surface area contributed by atoms with Crippen molar-refractivity contribution >= 4 is 31.9 Å². The van der Waals surface area contributed by atoms with Gasteiger partial charge in [-0.3, -0.25) is 9.59 Å². The molecule has 0 aliphatic carbocycles. The highest BCUT2D eigenvalue weighted by Crippen LogP contribution is 2.28. The van der Waals surface area contributed by atoms with Crippen LogP contribution >= 0.6 is 0 Å². The number of hydrogen-bond acceptors (Lipinski definition) is 6. The SMILES string of the molecule is C[C@@H]1C[C@H](C)CN(S(=O)(=O)c2ccc(C(=O)N3CCN(C(=O)c4ccc(S(=O)(=O)N5C[C@H](C)C[C@H](C)C5)cc4)CC3)cc2)C1. The van der Waals surface area contributed by atoms with E-state index in [4.69, 9.17) is 0 Å². The number of benzene rings is 2. The first kappa shape index (κ1) is 32.6. The second kappa shape index (κ2) is 12.9. The summed E-state index contributed by atoms with van der Waals surface area (Å²) in [5.74, 6) is 0.774. The van der Waals surface area contributed by atoms with Crippen LogP contribution in [-0.2, 0) is 20.0 Å². The molecule has 0 bridgehead atoms. The normalized spacial score (nSPS) is 26.0. The Morgan fingerprint density at radius 3 is 1.07 bits per heavy atom. The van der Waals surface area contributed by atoms with Gasteiger partial charge in [0.2, 0.25) is 20.0 Å².